The molecule has 9 aromatic rings. The van der Waals surface area contributed by atoms with Crippen molar-refractivity contribution in [2.24, 2.45) is 0 Å². The molecule has 1 heterocycles. The van der Waals surface area contributed by atoms with Crippen LogP contribution >= 0.6 is 11.3 Å². The van der Waals surface area contributed by atoms with E-state index in [4.69, 9.17) is 0 Å². The number of fused-ring (bicyclic) bond motifs is 6. The van der Waals surface area contributed by atoms with Gasteiger partial charge in [0.05, 0.1) is 11.1 Å². The summed E-state index contributed by atoms with van der Waals surface area (Å²) >= 11 is 1.87. The van der Waals surface area contributed by atoms with Crippen LogP contribution in [-0.2, 0) is 5.41 Å². The smallest absolute Gasteiger partial charge is 0.0713 e. The molecule has 1 aromatic heterocycles. The Bertz CT molecular complexity index is 2630. The summed E-state index contributed by atoms with van der Waals surface area (Å²) in [5.41, 5.74) is 13.3. The number of nitrogens with zero attached hydrogens (tertiary/aromatic N) is 1. The molecule has 0 spiro atoms. The number of thiophene rings is 1. The van der Waals surface area contributed by atoms with Gasteiger partial charge in [-0.15, -0.1) is 11.3 Å². The summed E-state index contributed by atoms with van der Waals surface area (Å²) in [7, 11) is 0. The molecule has 0 radical (unpaired) electrons. The van der Waals surface area contributed by atoms with E-state index in [1.54, 1.807) is 0 Å². The third-order valence-corrected chi connectivity index (χ3v) is 11.7. The van der Waals surface area contributed by atoms with E-state index in [-0.39, 0.29) is 0 Å². The van der Waals surface area contributed by atoms with Crippen molar-refractivity contribution in [3.8, 4) is 22.3 Å². The molecule has 0 saturated heterocycles. The number of hydrogen-bond acceptors (Lipinski definition) is 2. The Morgan fingerprint density at radius 3 is 1.51 bits per heavy atom. The topological polar surface area (TPSA) is 3.24 Å². The van der Waals surface area contributed by atoms with Crippen LogP contribution in [-0.4, -0.2) is 0 Å². The summed E-state index contributed by atoms with van der Waals surface area (Å²) in [5.74, 6) is 0. The van der Waals surface area contributed by atoms with Crippen LogP contribution in [0.3, 0.4) is 0 Å². The van der Waals surface area contributed by atoms with Gasteiger partial charge < -0.3 is 4.90 Å². The first-order valence-corrected chi connectivity index (χ1v) is 18.3. The Hall–Kier alpha value is -6.22. The van der Waals surface area contributed by atoms with Gasteiger partial charge in [-0.05, 0) is 87.0 Å². The van der Waals surface area contributed by atoms with E-state index in [0.29, 0.717) is 0 Å². The third-order valence-electron chi connectivity index (χ3n) is 10.6. The van der Waals surface area contributed by atoms with Gasteiger partial charge in [-0.2, -0.15) is 0 Å². The van der Waals surface area contributed by atoms with Gasteiger partial charge in [-0.3, -0.25) is 0 Å². The van der Waals surface area contributed by atoms with Crippen molar-refractivity contribution < 1.29 is 0 Å². The third kappa shape index (κ3) is 4.54. The molecule has 10 rings (SSSR count). The lowest BCUT2D eigenvalue weighted by Gasteiger charge is -2.34. The summed E-state index contributed by atoms with van der Waals surface area (Å²) in [6, 6.07) is 73.3. The zero-order valence-corrected chi connectivity index (χ0v) is 28.7. The zero-order chi connectivity index (χ0) is 33.8. The minimum absolute atomic E-state index is 0.432. The highest BCUT2D eigenvalue weighted by molar-refractivity contribution is 7.26. The number of anilines is 3. The zero-order valence-electron chi connectivity index (χ0n) is 27.9. The lowest BCUT2D eigenvalue weighted by atomic mass is 9.68. The van der Waals surface area contributed by atoms with E-state index in [1.807, 2.05) is 11.3 Å². The minimum Gasteiger partial charge on any atom is -0.310 e. The van der Waals surface area contributed by atoms with Gasteiger partial charge in [0.1, 0.15) is 0 Å². The Labute approximate surface area is 302 Å². The van der Waals surface area contributed by atoms with Crippen LogP contribution in [0.2, 0.25) is 0 Å². The molecule has 0 aliphatic heterocycles. The fourth-order valence-corrected chi connectivity index (χ4v) is 9.62. The van der Waals surface area contributed by atoms with Crippen LogP contribution in [0.5, 0.6) is 0 Å². The maximum atomic E-state index is 2.44. The van der Waals surface area contributed by atoms with E-state index in [2.05, 4.69) is 205 Å². The molecule has 0 fully saturated rings. The second-order valence-corrected chi connectivity index (χ2v) is 14.3. The van der Waals surface area contributed by atoms with Crippen LogP contribution in [0.1, 0.15) is 22.3 Å². The van der Waals surface area contributed by atoms with Crippen LogP contribution in [0.15, 0.2) is 200 Å². The molecule has 1 aliphatic rings. The van der Waals surface area contributed by atoms with E-state index in [9.17, 15) is 0 Å². The largest absolute Gasteiger partial charge is 0.310 e. The molecule has 0 atom stereocenters. The number of rotatable bonds is 6. The van der Waals surface area contributed by atoms with Gasteiger partial charge in [-0.25, -0.2) is 0 Å². The summed E-state index contributed by atoms with van der Waals surface area (Å²) in [5, 5.41) is 2.59. The summed E-state index contributed by atoms with van der Waals surface area (Å²) in [6.07, 6.45) is 0. The second-order valence-electron chi connectivity index (χ2n) is 13.2. The van der Waals surface area contributed by atoms with E-state index in [0.717, 1.165) is 11.4 Å². The maximum absolute atomic E-state index is 2.44. The Morgan fingerprint density at radius 1 is 0.353 bits per heavy atom. The molecule has 1 nitrogen and oxygen atoms in total. The molecule has 2 heteroatoms. The molecule has 0 amide bonds. The Balaban J connectivity index is 1.21. The van der Waals surface area contributed by atoms with Gasteiger partial charge in [0, 0.05) is 31.5 Å². The SMILES string of the molecule is c1ccc(-c2cccc3sc4cccc(N(c5ccccc5)c5ccc(C6(c7ccccc7)c7ccccc7-c7ccccc76)cc5)c4c23)cc1. The Morgan fingerprint density at radius 2 is 0.843 bits per heavy atom. The number of para-hydroxylation sites is 1. The van der Waals surface area contributed by atoms with Crippen LogP contribution < -0.4 is 4.90 Å². The summed E-state index contributed by atoms with van der Waals surface area (Å²) in [4.78, 5) is 2.44. The average Bonchev–Trinajstić information content (AvgIpc) is 3.74. The van der Waals surface area contributed by atoms with Gasteiger partial charge in [0.15, 0.2) is 0 Å². The van der Waals surface area contributed by atoms with Gasteiger partial charge in [0.25, 0.3) is 0 Å². The van der Waals surface area contributed by atoms with Crippen LogP contribution in [0, 0.1) is 0 Å². The van der Waals surface area contributed by atoms with Crippen molar-refractivity contribution in [1.82, 2.24) is 0 Å². The fourth-order valence-electron chi connectivity index (χ4n) is 8.47. The van der Waals surface area contributed by atoms with E-state index in [1.165, 1.54) is 70.4 Å². The van der Waals surface area contributed by atoms with E-state index < -0.39 is 5.41 Å². The monoisotopic (exact) mass is 667 g/mol. The van der Waals surface area contributed by atoms with Crippen molar-refractivity contribution in [1.29, 1.82) is 0 Å². The van der Waals surface area contributed by atoms with Crippen molar-refractivity contribution in [3.05, 3.63) is 222 Å². The summed E-state index contributed by atoms with van der Waals surface area (Å²) in [6.45, 7) is 0. The molecule has 0 N–H and O–H groups in total. The molecule has 0 saturated carbocycles. The van der Waals surface area contributed by atoms with Crippen LogP contribution in [0.25, 0.3) is 42.4 Å². The second kappa shape index (κ2) is 12.0. The first-order valence-electron chi connectivity index (χ1n) is 17.5. The summed E-state index contributed by atoms with van der Waals surface area (Å²) < 4.78 is 2.58. The van der Waals surface area contributed by atoms with Crippen molar-refractivity contribution >= 4 is 48.6 Å². The molecular formula is C49H33NS. The van der Waals surface area contributed by atoms with Crippen molar-refractivity contribution in [2.45, 2.75) is 5.41 Å². The number of benzene rings is 8. The van der Waals surface area contributed by atoms with Gasteiger partial charge >= 0.3 is 0 Å². The standard InChI is InChI=1S/C49H33NS/c1-4-16-34(17-5-1)39-24-14-28-45-47(39)48-44(27-15-29-46(48)51-45)50(37-20-8-3-9-21-37)38-32-30-36(31-33-38)49(35-18-6-2-7-19-35)42-25-12-10-22-40(42)41-23-11-13-26-43(41)49/h1-33H. The van der Waals surface area contributed by atoms with E-state index >= 15 is 0 Å². The number of hydrogen-bond donors (Lipinski definition) is 0. The minimum atomic E-state index is -0.432. The molecule has 8 aromatic carbocycles. The lowest BCUT2D eigenvalue weighted by Crippen LogP contribution is -2.28. The maximum Gasteiger partial charge on any atom is 0.0713 e. The highest BCUT2D eigenvalue weighted by atomic mass is 32.1. The van der Waals surface area contributed by atoms with Gasteiger partial charge in [-0.1, -0.05) is 158 Å². The first-order chi connectivity index (χ1) is 25.3. The first kappa shape index (κ1) is 29.7. The predicted octanol–water partition coefficient (Wildman–Crippen LogP) is 13.6. The molecule has 0 bridgehead atoms. The lowest BCUT2D eigenvalue weighted by molar-refractivity contribution is 0.768. The predicted molar refractivity (Wildman–Crippen MR) is 217 cm³/mol. The van der Waals surface area contributed by atoms with Crippen molar-refractivity contribution in [3.63, 3.8) is 0 Å². The highest BCUT2D eigenvalue weighted by Crippen LogP contribution is 2.56. The molecule has 1 aliphatic carbocycles. The molecule has 0 unspecified atom stereocenters. The highest BCUT2D eigenvalue weighted by Gasteiger charge is 2.45. The quantitative estimate of drug-likeness (QED) is 0.171. The molecule has 240 valence electrons. The molecule has 51 heavy (non-hydrogen) atoms. The van der Waals surface area contributed by atoms with Gasteiger partial charge in [0.2, 0.25) is 0 Å². The molecular weight excluding hydrogens is 635 g/mol. The Kier molecular flexibility index (Phi) is 6.97. The average molecular weight is 668 g/mol. The normalized spacial score (nSPS) is 12.9. The van der Waals surface area contributed by atoms with Crippen molar-refractivity contribution in [2.75, 3.05) is 4.90 Å². The fraction of sp³-hybridized carbons (Fsp3) is 0.0204. The van der Waals surface area contributed by atoms with Crippen LogP contribution in [0.4, 0.5) is 17.1 Å².